The number of nitrogens with one attached hydrogen (secondary N) is 1. The van der Waals surface area contributed by atoms with Crippen LogP contribution in [0.4, 0.5) is 0 Å². The summed E-state index contributed by atoms with van der Waals surface area (Å²) >= 11 is 0. The van der Waals surface area contributed by atoms with E-state index in [-0.39, 0.29) is 0 Å². The van der Waals surface area contributed by atoms with E-state index in [4.69, 9.17) is 9.15 Å². The van der Waals surface area contributed by atoms with Crippen LogP contribution in [0, 0.1) is 0 Å². The highest BCUT2D eigenvalue weighted by atomic mass is 16.5. The average molecular weight is 195 g/mol. The van der Waals surface area contributed by atoms with E-state index in [1.54, 1.807) is 13.4 Å². The minimum absolute atomic E-state index is 0.580. The first kappa shape index (κ1) is 9.74. The van der Waals surface area contributed by atoms with E-state index in [9.17, 15) is 0 Å². The van der Waals surface area contributed by atoms with Gasteiger partial charge < -0.3 is 14.5 Å². The zero-order valence-corrected chi connectivity index (χ0v) is 8.58. The lowest BCUT2D eigenvalue weighted by molar-refractivity contribution is 0.181. The van der Waals surface area contributed by atoms with E-state index in [1.165, 1.54) is 18.4 Å². The third kappa shape index (κ3) is 1.99. The third-order valence-corrected chi connectivity index (χ3v) is 2.79. The van der Waals surface area contributed by atoms with E-state index in [0.717, 1.165) is 18.8 Å². The van der Waals surface area contributed by atoms with Crippen LogP contribution in [0.15, 0.2) is 16.7 Å². The van der Waals surface area contributed by atoms with Gasteiger partial charge >= 0.3 is 0 Å². The Hall–Kier alpha value is -0.800. The predicted octanol–water partition coefficient (Wildman–Crippen LogP) is 1.89. The summed E-state index contributed by atoms with van der Waals surface area (Å²) in [4.78, 5) is 0. The molecule has 0 spiro atoms. The molecule has 0 aromatic carbocycles. The predicted molar refractivity (Wildman–Crippen MR) is 54.3 cm³/mol. The normalized spacial score (nSPS) is 18.6. The molecule has 0 saturated carbocycles. The highest BCUT2D eigenvalue weighted by molar-refractivity contribution is 5.20. The molecular formula is C11H17NO2. The van der Waals surface area contributed by atoms with E-state index < -0.39 is 0 Å². The lowest BCUT2D eigenvalue weighted by Gasteiger charge is -2.21. The molecule has 3 heteroatoms. The molecule has 3 nitrogen and oxygen atoms in total. The molecule has 1 N–H and O–H groups in total. The number of hydrogen-bond acceptors (Lipinski definition) is 3. The van der Waals surface area contributed by atoms with Gasteiger partial charge in [-0.1, -0.05) is 0 Å². The second-order valence-corrected chi connectivity index (χ2v) is 3.77. The molecule has 1 aromatic heterocycles. The molecule has 78 valence electrons. The molecule has 0 aliphatic carbocycles. The van der Waals surface area contributed by atoms with Gasteiger partial charge in [-0.05, 0) is 32.0 Å². The summed E-state index contributed by atoms with van der Waals surface area (Å²) in [5, 5.41) is 3.36. The number of rotatable bonds is 3. The molecule has 0 amide bonds. The summed E-state index contributed by atoms with van der Waals surface area (Å²) in [6.45, 7) is 2.85. The quantitative estimate of drug-likeness (QED) is 0.799. The van der Waals surface area contributed by atoms with Gasteiger partial charge in [-0.2, -0.15) is 0 Å². The number of methoxy groups -OCH3 is 1. The molecule has 1 aliphatic heterocycles. The molecule has 2 rings (SSSR count). The molecule has 0 atom stereocenters. The van der Waals surface area contributed by atoms with Crippen molar-refractivity contribution in [2.45, 2.75) is 25.4 Å². The summed E-state index contributed by atoms with van der Waals surface area (Å²) in [5.41, 5.74) is 1.21. The molecule has 1 saturated heterocycles. The summed E-state index contributed by atoms with van der Waals surface area (Å²) in [7, 11) is 1.72. The Morgan fingerprint density at radius 1 is 1.50 bits per heavy atom. The number of hydrogen-bond donors (Lipinski definition) is 1. The average Bonchev–Trinajstić information content (AvgIpc) is 2.68. The van der Waals surface area contributed by atoms with Gasteiger partial charge in [-0.25, -0.2) is 0 Å². The molecule has 14 heavy (non-hydrogen) atoms. The first-order valence-corrected chi connectivity index (χ1v) is 5.17. The van der Waals surface area contributed by atoms with Crippen LogP contribution in [-0.4, -0.2) is 20.2 Å². The first-order valence-electron chi connectivity index (χ1n) is 5.17. The molecule has 1 fully saturated rings. The Balaban J connectivity index is 2.09. The standard InChI is InChI=1S/C11H17NO2/c1-13-8-10-4-7-14-11(10)9-2-5-12-6-3-9/h4,7,9,12H,2-3,5-6,8H2,1H3. The van der Waals surface area contributed by atoms with E-state index >= 15 is 0 Å². The minimum Gasteiger partial charge on any atom is -0.469 e. The second kappa shape index (κ2) is 4.62. The molecular weight excluding hydrogens is 178 g/mol. The van der Waals surface area contributed by atoms with Crippen molar-refractivity contribution in [2.75, 3.05) is 20.2 Å². The maximum Gasteiger partial charge on any atom is 0.112 e. The van der Waals surface area contributed by atoms with E-state index in [2.05, 4.69) is 5.32 Å². The van der Waals surface area contributed by atoms with Gasteiger partial charge in [-0.15, -0.1) is 0 Å². The molecule has 0 unspecified atom stereocenters. The van der Waals surface area contributed by atoms with Crippen LogP contribution >= 0.6 is 0 Å². The summed E-state index contributed by atoms with van der Waals surface area (Å²) in [6, 6.07) is 2.01. The maximum absolute atomic E-state index is 5.55. The molecule has 2 heterocycles. The van der Waals surface area contributed by atoms with Gasteiger partial charge in [0, 0.05) is 18.6 Å². The van der Waals surface area contributed by atoms with Gasteiger partial charge in [0.15, 0.2) is 0 Å². The maximum atomic E-state index is 5.55. The summed E-state index contributed by atoms with van der Waals surface area (Å²) in [5.74, 6) is 1.71. The fraction of sp³-hybridized carbons (Fsp3) is 0.636. The summed E-state index contributed by atoms with van der Waals surface area (Å²) in [6.07, 6.45) is 4.11. The molecule has 1 aliphatic rings. The Bertz CT molecular complexity index is 277. The van der Waals surface area contributed by atoms with Crippen molar-refractivity contribution in [2.24, 2.45) is 0 Å². The van der Waals surface area contributed by atoms with E-state index in [0.29, 0.717) is 12.5 Å². The second-order valence-electron chi connectivity index (χ2n) is 3.77. The van der Waals surface area contributed by atoms with Gasteiger partial charge in [0.2, 0.25) is 0 Å². The fourth-order valence-corrected chi connectivity index (χ4v) is 2.06. The minimum atomic E-state index is 0.580. The molecule has 0 bridgehead atoms. The van der Waals surface area contributed by atoms with Crippen LogP contribution in [0.3, 0.4) is 0 Å². The SMILES string of the molecule is COCc1ccoc1C1CCNCC1. The van der Waals surface area contributed by atoms with Crippen LogP contribution in [0.5, 0.6) is 0 Å². The van der Waals surface area contributed by atoms with E-state index in [1.807, 2.05) is 6.07 Å². The summed E-state index contributed by atoms with van der Waals surface area (Å²) < 4.78 is 10.7. The Morgan fingerprint density at radius 2 is 2.29 bits per heavy atom. The number of ether oxygens (including phenoxy) is 1. The lowest BCUT2D eigenvalue weighted by atomic mass is 9.93. The van der Waals surface area contributed by atoms with Crippen molar-refractivity contribution in [3.63, 3.8) is 0 Å². The van der Waals surface area contributed by atoms with Crippen LogP contribution in [0.25, 0.3) is 0 Å². The lowest BCUT2D eigenvalue weighted by Crippen LogP contribution is -2.26. The molecule has 1 aromatic rings. The van der Waals surface area contributed by atoms with Gasteiger partial charge in [-0.3, -0.25) is 0 Å². The van der Waals surface area contributed by atoms with Crippen LogP contribution in [-0.2, 0) is 11.3 Å². The van der Waals surface area contributed by atoms with Crippen LogP contribution in [0.2, 0.25) is 0 Å². The zero-order valence-electron chi connectivity index (χ0n) is 8.58. The van der Waals surface area contributed by atoms with Gasteiger partial charge in [0.05, 0.1) is 12.9 Å². The number of furan rings is 1. The Morgan fingerprint density at radius 3 is 3.00 bits per heavy atom. The number of piperidine rings is 1. The largest absolute Gasteiger partial charge is 0.469 e. The topological polar surface area (TPSA) is 34.4 Å². The Labute approximate surface area is 84.4 Å². The van der Waals surface area contributed by atoms with Crippen molar-refractivity contribution in [1.29, 1.82) is 0 Å². The highest BCUT2D eigenvalue weighted by Gasteiger charge is 2.20. The van der Waals surface area contributed by atoms with Crippen molar-refractivity contribution in [3.8, 4) is 0 Å². The van der Waals surface area contributed by atoms with Crippen molar-refractivity contribution < 1.29 is 9.15 Å². The highest BCUT2D eigenvalue weighted by Crippen LogP contribution is 2.29. The molecule has 0 radical (unpaired) electrons. The van der Waals surface area contributed by atoms with Crippen molar-refractivity contribution >= 4 is 0 Å². The van der Waals surface area contributed by atoms with Crippen LogP contribution < -0.4 is 5.32 Å². The third-order valence-electron chi connectivity index (χ3n) is 2.79. The van der Waals surface area contributed by atoms with Gasteiger partial charge in [0.1, 0.15) is 5.76 Å². The smallest absolute Gasteiger partial charge is 0.112 e. The monoisotopic (exact) mass is 195 g/mol. The van der Waals surface area contributed by atoms with Gasteiger partial charge in [0.25, 0.3) is 0 Å². The van der Waals surface area contributed by atoms with Crippen molar-refractivity contribution in [1.82, 2.24) is 5.32 Å². The first-order chi connectivity index (χ1) is 6.92. The zero-order chi connectivity index (χ0) is 9.80. The van der Waals surface area contributed by atoms with Crippen molar-refractivity contribution in [3.05, 3.63) is 23.7 Å². The fourth-order valence-electron chi connectivity index (χ4n) is 2.06. The Kier molecular flexibility index (Phi) is 3.22. The van der Waals surface area contributed by atoms with Crippen LogP contribution in [0.1, 0.15) is 30.1 Å².